The van der Waals surface area contributed by atoms with E-state index in [-0.39, 0.29) is 35.0 Å². The van der Waals surface area contributed by atoms with Gasteiger partial charge in [0.15, 0.2) is 5.78 Å². The molecule has 0 unspecified atom stereocenters. The molecule has 1 amide bonds. The minimum atomic E-state index is -3.66. The predicted octanol–water partition coefficient (Wildman–Crippen LogP) is 3.20. The smallest absolute Gasteiger partial charge is 0.240 e. The maximum absolute atomic E-state index is 12.6. The van der Waals surface area contributed by atoms with Crippen LogP contribution in [0.15, 0.2) is 53.4 Å². The maximum atomic E-state index is 12.6. The van der Waals surface area contributed by atoms with Gasteiger partial charge in [0, 0.05) is 50.4 Å². The number of amides is 1. The van der Waals surface area contributed by atoms with Gasteiger partial charge in [0.1, 0.15) is 0 Å². The number of anilines is 1. The highest BCUT2D eigenvalue weighted by Gasteiger charge is 2.22. The van der Waals surface area contributed by atoms with Crippen molar-refractivity contribution in [1.82, 2.24) is 9.62 Å². The van der Waals surface area contributed by atoms with Gasteiger partial charge >= 0.3 is 0 Å². The van der Waals surface area contributed by atoms with Gasteiger partial charge in [-0.2, -0.15) is 0 Å². The number of ketones is 1. The molecule has 33 heavy (non-hydrogen) atoms. The van der Waals surface area contributed by atoms with Gasteiger partial charge in [0.25, 0.3) is 0 Å². The van der Waals surface area contributed by atoms with Gasteiger partial charge in [-0.25, -0.2) is 13.1 Å². The van der Waals surface area contributed by atoms with Crippen LogP contribution in [0.1, 0.15) is 50.0 Å². The number of carbonyl (C=O) groups is 2. The third-order valence-corrected chi connectivity index (χ3v) is 7.41. The van der Waals surface area contributed by atoms with E-state index in [4.69, 9.17) is 0 Å². The lowest BCUT2D eigenvalue weighted by Crippen LogP contribution is -2.49. The Morgan fingerprint density at radius 2 is 1.48 bits per heavy atom. The first-order chi connectivity index (χ1) is 15.5. The van der Waals surface area contributed by atoms with Crippen molar-refractivity contribution < 1.29 is 18.0 Å². The molecule has 0 saturated carbocycles. The van der Waals surface area contributed by atoms with E-state index < -0.39 is 10.0 Å². The molecule has 1 heterocycles. The fraction of sp³-hybridized carbons (Fsp3) is 0.440. The van der Waals surface area contributed by atoms with Crippen LogP contribution in [0.25, 0.3) is 0 Å². The maximum Gasteiger partial charge on any atom is 0.240 e. The second-order valence-corrected chi connectivity index (χ2v) is 11.2. The van der Waals surface area contributed by atoms with Crippen LogP contribution >= 0.6 is 0 Å². The predicted molar refractivity (Wildman–Crippen MR) is 130 cm³/mol. The van der Waals surface area contributed by atoms with E-state index in [1.54, 1.807) is 24.0 Å². The first-order valence-corrected chi connectivity index (χ1v) is 12.7. The summed E-state index contributed by atoms with van der Waals surface area (Å²) in [5.41, 5.74) is 2.72. The molecular weight excluding hydrogens is 438 g/mol. The van der Waals surface area contributed by atoms with Gasteiger partial charge in [-0.3, -0.25) is 9.59 Å². The number of nitrogens with zero attached hydrogens (tertiary/aromatic N) is 2. The molecule has 8 heteroatoms. The number of sulfonamides is 1. The molecule has 0 aromatic heterocycles. The van der Waals surface area contributed by atoms with Crippen LogP contribution in [0.3, 0.4) is 0 Å². The molecule has 7 nitrogen and oxygen atoms in total. The number of carbonyl (C=O) groups excluding carboxylic acids is 2. The van der Waals surface area contributed by atoms with Gasteiger partial charge in [-0.1, -0.05) is 32.9 Å². The quantitative estimate of drug-likeness (QED) is 0.627. The Morgan fingerprint density at radius 3 is 2.00 bits per heavy atom. The van der Waals surface area contributed by atoms with E-state index in [1.807, 2.05) is 36.4 Å². The zero-order valence-electron chi connectivity index (χ0n) is 19.8. The Balaban J connectivity index is 1.47. The normalized spacial score (nSPS) is 14.9. The lowest BCUT2D eigenvalue weighted by molar-refractivity contribution is -0.131. The third kappa shape index (κ3) is 6.42. The summed E-state index contributed by atoms with van der Waals surface area (Å²) in [4.78, 5) is 28.2. The Labute approximate surface area is 196 Å². The molecule has 178 valence electrons. The highest BCUT2D eigenvalue weighted by atomic mass is 32.2. The summed E-state index contributed by atoms with van der Waals surface area (Å²) in [6.07, 6.45) is 0.118. The van der Waals surface area contributed by atoms with E-state index in [0.29, 0.717) is 31.7 Å². The number of piperazine rings is 1. The molecule has 0 radical (unpaired) electrons. The minimum Gasteiger partial charge on any atom is -0.368 e. The largest absolute Gasteiger partial charge is 0.368 e. The fourth-order valence-corrected chi connectivity index (χ4v) is 4.82. The van der Waals surface area contributed by atoms with Gasteiger partial charge in [0.05, 0.1) is 4.90 Å². The van der Waals surface area contributed by atoms with Crippen LogP contribution in [0.4, 0.5) is 5.69 Å². The van der Waals surface area contributed by atoms with Gasteiger partial charge < -0.3 is 9.80 Å². The van der Waals surface area contributed by atoms with Crippen LogP contribution in [-0.2, 0) is 20.2 Å². The first kappa shape index (κ1) is 24.9. The zero-order chi connectivity index (χ0) is 24.2. The van der Waals surface area contributed by atoms with Crippen molar-refractivity contribution >= 4 is 27.4 Å². The summed E-state index contributed by atoms with van der Waals surface area (Å²) >= 11 is 0. The van der Waals surface area contributed by atoms with Crippen LogP contribution in [0.5, 0.6) is 0 Å². The van der Waals surface area contributed by atoms with Gasteiger partial charge in [-0.05, 0) is 54.3 Å². The lowest BCUT2D eigenvalue weighted by Gasteiger charge is -2.36. The van der Waals surface area contributed by atoms with Crippen LogP contribution < -0.4 is 9.62 Å². The number of hydrogen-bond acceptors (Lipinski definition) is 5. The van der Waals surface area contributed by atoms with Crippen LogP contribution in [-0.4, -0.2) is 57.7 Å². The average Bonchev–Trinajstić information content (AvgIpc) is 2.78. The van der Waals surface area contributed by atoms with E-state index in [1.165, 1.54) is 0 Å². The second kappa shape index (κ2) is 10.1. The van der Waals surface area contributed by atoms with Crippen molar-refractivity contribution in [2.75, 3.05) is 37.6 Å². The lowest BCUT2D eigenvalue weighted by atomic mass is 9.87. The topological polar surface area (TPSA) is 86.8 Å². The number of Topliss-reactive ketones (excluding diaryl/α,β-unsaturated/α-hetero) is 1. The van der Waals surface area contributed by atoms with Crippen LogP contribution in [0.2, 0.25) is 0 Å². The average molecular weight is 472 g/mol. The molecule has 2 aromatic rings. The van der Waals surface area contributed by atoms with Crippen molar-refractivity contribution in [3.05, 3.63) is 59.7 Å². The Bertz CT molecular complexity index is 1080. The number of nitrogens with one attached hydrogen (secondary N) is 1. The van der Waals surface area contributed by atoms with Crippen molar-refractivity contribution in [2.45, 2.75) is 44.4 Å². The molecule has 3 rings (SSSR count). The van der Waals surface area contributed by atoms with Crippen molar-refractivity contribution in [3.63, 3.8) is 0 Å². The Morgan fingerprint density at radius 1 is 0.909 bits per heavy atom. The van der Waals surface area contributed by atoms with E-state index in [0.717, 1.165) is 11.3 Å². The Hall–Kier alpha value is -2.71. The molecule has 0 bridgehead atoms. The molecule has 1 aliphatic heterocycles. The minimum absolute atomic E-state index is 0.0366. The summed E-state index contributed by atoms with van der Waals surface area (Å²) in [6, 6.07) is 14.4. The van der Waals surface area contributed by atoms with Gasteiger partial charge in [0.2, 0.25) is 15.9 Å². The van der Waals surface area contributed by atoms with Crippen molar-refractivity contribution in [2.24, 2.45) is 0 Å². The number of benzene rings is 2. The SMILES string of the molecule is CC(=O)c1ccc(N2CCN(C(=O)CCNS(=O)(=O)c3ccc(C(C)(C)C)cc3)CC2)cc1. The molecule has 0 atom stereocenters. The standard InChI is InChI=1S/C25H33N3O4S/c1-19(29)20-5-9-22(10-6-20)27-15-17-28(18-16-27)24(30)13-14-26-33(31,32)23-11-7-21(8-12-23)25(2,3)4/h5-12,26H,13-18H2,1-4H3. The summed E-state index contributed by atoms with van der Waals surface area (Å²) in [5.74, 6) is -0.0260. The highest BCUT2D eigenvalue weighted by Crippen LogP contribution is 2.23. The van der Waals surface area contributed by atoms with Crippen molar-refractivity contribution in [1.29, 1.82) is 0 Å². The Kier molecular flexibility index (Phi) is 7.59. The molecule has 1 aliphatic rings. The van der Waals surface area contributed by atoms with Gasteiger partial charge in [-0.15, -0.1) is 0 Å². The number of hydrogen-bond donors (Lipinski definition) is 1. The van der Waals surface area contributed by atoms with E-state index >= 15 is 0 Å². The van der Waals surface area contributed by atoms with E-state index in [2.05, 4.69) is 30.4 Å². The molecule has 1 fully saturated rings. The molecule has 1 saturated heterocycles. The zero-order valence-corrected chi connectivity index (χ0v) is 20.6. The number of rotatable bonds is 7. The molecule has 0 spiro atoms. The summed E-state index contributed by atoms with van der Waals surface area (Å²) in [5, 5.41) is 0. The molecule has 2 aromatic carbocycles. The molecule has 0 aliphatic carbocycles. The second-order valence-electron chi connectivity index (χ2n) is 9.39. The third-order valence-electron chi connectivity index (χ3n) is 5.93. The molecule has 1 N–H and O–H groups in total. The molecular formula is C25H33N3O4S. The summed E-state index contributed by atoms with van der Waals surface area (Å²) in [7, 11) is -3.66. The first-order valence-electron chi connectivity index (χ1n) is 11.2. The summed E-state index contributed by atoms with van der Waals surface area (Å²) in [6.45, 7) is 10.4. The fourth-order valence-electron chi connectivity index (χ4n) is 3.79. The van der Waals surface area contributed by atoms with Crippen molar-refractivity contribution in [3.8, 4) is 0 Å². The monoisotopic (exact) mass is 471 g/mol. The highest BCUT2D eigenvalue weighted by molar-refractivity contribution is 7.89. The summed E-state index contributed by atoms with van der Waals surface area (Å²) < 4.78 is 27.6. The van der Waals surface area contributed by atoms with Crippen LogP contribution in [0, 0.1) is 0 Å². The van der Waals surface area contributed by atoms with E-state index in [9.17, 15) is 18.0 Å².